The molecule has 0 heterocycles. The largest absolute Gasteiger partial charge is 0.481 e. The van der Waals surface area contributed by atoms with Gasteiger partial charge in [-0.05, 0) is 17.9 Å². The van der Waals surface area contributed by atoms with Crippen LogP contribution in [0.3, 0.4) is 0 Å². The standard InChI is InChI=1S/C12H16O2/c1-3-11(12(13)14)9(2)10-7-5-4-6-8-10/h4-9,11H,3H2,1-2H3,(H,13,14). The van der Waals surface area contributed by atoms with Gasteiger partial charge in [0.2, 0.25) is 0 Å². The number of carbonyl (C=O) groups is 1. The molecule has 0 aliphatic carbocycles. The SMILES string of the molecule is CCC(C(=O)O)C(C)c1ccccc1. The molecular formula is C12H16O2. The second-order valence-electron chi connectivity index (χ2n) is 3.55. The van der Waals surface area contributed by atoms with Gasteiger partial charge in [0.15, 0.2) is 0 Å². The Morgan fingerprint density at radius 1 is 1.36 bits per heavy atom. The molecule has 0 radical (unpaired) electrons. The summed E-state index contributed by atoms with van der Waals surface area (Å²) in [5, 5.41) is 9.00. The van der Waals surface area contributed by atoms with Crippen molar-refractivity contribution >= 4 is 5.97 Å². The molecule has 0 fully saturated rings. The second kappa shape index (κ2) is 4.80. The molecule has 0 spiro atoms. The van der Waals surface area contributed by atoms with Crippen LogP contribution in [0.25, 0.3) is 0 Å². The fourth-order valence-electron chi connectivity index (χ4n) is 1.73. The Morgan fingerprint density at radius 3 is 2.36 bits per heavy atom. The molecule has 14 heavy (non-hydrogen) atoms. The molecule has 1 aromatic carbocycles. The van der Waals surface area contributed by atoms with E-state index in [2.05, 4.69) is 0 Å². The minimum absolute atomic E-state index is 0.0821. The number of aliphatic carboxylic acids is 1. The average Bonchev–Trinajstić information content (AvgIpc) is 2.19. The Kier molecular flexibility index (Phi) is 3.69. The topological polar surface area (TPSA) is 37.3 Å². The van der Waals surface area contributed by atoms with E-state index in [0.29, 0.717) is 6.42 Å². The highest BCUT2D eigenvalue weighted by molar-refractivity contribution is 5.71. The van der Waals surface area contributed by atoms with Gasteiger partial charge in [0, 0.05) is 0 Å². The predicted molar refractivity (Wildman–Crippen MR) is 56.3 cm³/mol. The molecule has 1 aromatic rings. The van der Waals surface area contributed by atoms with Crippen molar-refractivity contribution in [2.24, 2.45) is 5.92 Å². The third-order valence-electron chi connectivity index (χ3n) is 2.69. The summed E-state index contributed by atoms with van der Waals surface area (Å²) in [4.78, 5) is 10.9. The maximum Gasteiger partial charge on any atom is 0.307 e. The zero-order valence-corrected chi connectivity index (χ0v) is 8.60. The van der Waals surface area contributed by atoms with Gasteiger partial charge in [-0.25, -0.2) is 0 Å². The summed E-state index contributed by atoms with van der Waals surface area (Å²) in [5.74, 6) is -0.903. The maximum absolute atomic E-state index is 10.9. The molecule has 1 N–H and O–H groups in total. The van der Waals surface area contributed by atoms with E-state index in [9.17, 15) is 4.79 Å². The van der Waals surface area contributed by atoms with Crippen LogP contribution < -0.4 is 0 Å². The first-order valence-electron chi connectivity index (χ1n) is 4.94. The summed E-state index contributed by atoms with van der Waals surface area (Å²) in [7, 11) is 0. The Bertz CT molecular complexity index is 292. The van der Waals surface area contributed by atoms with E-state index in [1.54, 1.807) is 0 Å². The van der Waals surface area contributed by atoms with Gasteiger partial charge < -0.3 is 5.11 Å². The summed E-state index contributed by atoms with van der Waals surface area (Å²) in [6.07, 6.45) is 0.672. The Morgan fingerprint density at radius 2 is 1.93 bits per heavy atom. The fraction of sp³-hybridized carbons (Fsp3) is 0.417. The normalized spacial score (nSPS) is 14.7. The number of benzene rings is 1. The van der Waals surface area contributed by atoms with Crippen molar-refractivity contribution in [2.45, 2.75) is 26.2 Å². The van der Waals surface area contributed by atoms with Crippen molar-refractivity contribution in [1.82, 2.24) is 0 Å². The number of rotatable bonds is 4. The van der Waals surface area contributed by atoms with Crippen LogP contribution in [-0.4, -0.2) is 11.1 Å². The zero-order valence-electron chi connectivity index (χ0n) is 8.60. The maximum atomic E-state index is 10.9. The monoisotopic (exact) mass is 192 g/mol. The highest BCUT2D eigenvalue weighted by Gasteiger charge is 2.23. The van der Waals surface area contributed by atoms with Crippen molar-refractivity contribution in [3.05, 3.63) is 35.9 Å². The van der Waals surface area contributed by atoms with Gasteiger partial charge in [-0.1, -0.05) is 44.2 Å². The summed E-state index contributed by atoms with van der Waals surface area (Å²) >= 11 is 0. The minimum Gasteiger partial charge on any atom is -0.481 e. The van der Waals surface area contributed by atoms with Crippen LogP contribution in [-0.2, 0) is 4.79 Å². The van der Waals surface area contributed by atoms with E-state index in [1.807, 2.05) is 44.2 Å². The van der Waals surface area contributed by atoms with Crippen molar-refractivity contribution in [3.8, 4) is 0 Å². The number of hydrogen-bond acceptors (Lipinski definition) is 1. The molecule has 0 amide bonds. The zero-order chi connectivity index (χ0) is 10.6. The second-order valence-corrected chi connectivity index (χ2v) is 3.55. The van der Waals surface area contributed by atoms with Crippen LogP contribution in [0.1, 0.15) is 31.7 Å². The molecule has 0 saturated carbocycles. The first kappa shape index (κ1) is 10.8. The fourth-order valence-corrected chi connectivity index (χ4v) is 1.73. The molecule has 0 saturated heterocycles. The van der Waals surface area contributed by atoms with Gasteiger partial charge in [-0.15, -0.1) is 0 Å². The quantitative estimate of drug-likeness (QED) is 0.796. The molecule has 2 nitrogen and oxygen atoms in total. The Balaban J connectivity index is 2.83. The molecule has 0 aromatic heterocycles. The van der Waals surface area contributed by atoms with Crippen LogP contribution in [0, 0.1) is 5.92 Å². The van der Waals surface area contributed by atoms with Gasteiger partial charge in [-0.3, -0.25) is 4.79 Å². The summed E-state index contributed by atoms with van der Waals surface area (Å²) < 4.78 is 0. The lowest BCUT2D eigenvalue weighted by Gasteiger charge is -2.18. The molecule has 76 valence electrons. The molecule has 0 bridgehead atoms. The predicted octanol–water partition coefficient (Wildman–Crippen LogP) is 2.90. The van der Waals surface area contributed by atoms with Crippen LogP contribution in [0.4, 0.5) is 0 Å². The third kappa shape index (κ3) is 2.34. The molecule has 0 aliphatic rings. The molecule has 2 atom stereocenters. The van der Waals surface area contributed by atoms with Crippen molar-refractivity contribution in [2.75, 3.05) is 0 Å². The Hall–Kier alpha value is -1.31. The van der Waals surface area contributed by atoms with Crippen LogP contribution in [0.5, 0.6) is 0 Å². The van der Waals surface area contributed by atoms with Crippen molar-refractivity contribution < 1.29 is 9.90 Å². The van der Waals surface area contributed by atoms with Crippen LogP contribution >= 0.6 is 0 Å². The van der Waals surface area contributed by atoms with E-state index in [-0.39, 0.29) is 11.8 Å². The van der Waals surface area contributed by atoms with Gasteiger partial charge in [-0.2, -0.15) is 0 Å². The van der Waals surface area contributed by atoms with Gasteiger partial charge >= 0.3 is 5.97 Å². The molecule has 2 heteroatoms. The van der Waals surface area contributed by atoms with Gasteiger partial charge in [0.05, 0.1) is 5.92 Å². The van der Waals surface area contributed by atoms with Crippen molar-refractivity contribution in [1.29, 1.82) is 0 Å². The molecule has 2 unspecified atom stereocenters. The van der Waals surface area contributed by atoms with E-state index in [0.717, 1.165) is 5.56 Å². The van der Waals surface area contributed by atoms with E-state index in [4.69, 9.17) is 5.11 Å². The lowest BCUT2D eigenvalue weighted by molar-refractivity contribution is -0.142. The Labute approximate surface area is 84.6 Å². The van der Waals surface area contributed by atoms with Gasteiger partial charge in [0.1, 0.15) is 0 Å². The molecule has 0 aliphatic heterocycles. The van der Waals surface area contributed by atoms with Gasteiger partial charge in [0.25, 0.3) is 0 Å². The number of carboxylic acids is 1. The molecular weight excluding hydrogens is 176 g/mol. The van der Waals surface area contributed by atoms with E-state index in [1.165, 1.54) is 0 Å². The highest BCUT2D eigenvalue weighted by atomic mass is 16.4. The minimum atomic E-state index is -0.705. The first-order valence-corrected chi connectivity index (χ1v) is 4.94. The smallest absolute Gasteiger partial charge is 0.307 e. The van der Waals surface area contributed by atoms with Crippen molar-refractivity contribution in [3.63, 3.8) is 0 Å². The lowest BCUT2D eigenvalue weighted by atomic mass is 9.86. The number of hydrogen-bond donors (Lipinski definition) is 1. The summed E-state index contributed by atoms with van der Waals surface area (Å²) in [6.45, 7) is 3.88. The number of carboxylic acid groups (broad SMARTS) is 1. The van der Waals surface area contributed by atoms with E-state index < -0.39 is 5.97 Å². The molecule has 1 rings (SSSR count). The lowest BCUT2D eigenvalue weighted by Crippen LogP contribution is -2.19. The van der Waals surface area contributed by atoms with Crippen LogP contribution in [0.15, 0.2) is 30.3 Å². The summed E-state index contributed by atoms with van der Waals surface area (Å²) in [6, 6.07) is 9.80. The highest BCUT2D eigenvalue weighted by Crippen LogP contribution is 2.26. The van der Waals surface area contributed by atoms with Crippen LogP contribution in [0.2, 0.25) is 0 Å². The third-order valence-corrected chi connectivity index (χ3v) is 2.69. The average molecular weight is 192 g/mol. The summed E-state index contributed by atoms with van der Waals surface area (Å²) in [5.41, 5.74) is 1.10. The first-order chi connectivity index (χ1) is 6.66. The van der Waals surface area contributed by atoms with E-state index >= 15 is 0 Å².